The number of nitrogens with zero attached hydrogens (tertiary/aromatic N) is 3. The van der Waals surface area contributed by atoms with Gasteiger partial charge in [-0.15, -0.1) is 0 Å². The van der Waals surface area contributed by atoms with E-state index in [4.69, 9.17) is 5.73 Å². The van der Waals surface area contributed by atoms with E-state index < -0.39 is 0 Å². The lowest BCUT2D eigenvalue weighted by Crippen LogP contribution is -2.34. The van der Waals surface area contributed by atoms with Crippen molar-refractivity contribution in [3.63, 3.8) is 0 Å². The summed E-state index contributed by atoms with van der Waals surface area (Å²) in [5.41, 5.74) is 5.62. The van der Waals surface area contributed by atoms with Crippen molar-refractivity contribution in [1.82, 2.24) is 9.88 Å². The fourth-order valence-electron chi connectivity index (χ4n) is 2.23. The molecule has 1 aliphatic rings. The van der Waals surface area contributed by atoms with Crippen molar-refractivity contribution in [3.8, 4) is 0 Å². The molecule has 0 aromatic carbocycles. The molecule has 0 atom stereocenters. The molecule has 1 aromatic heterocycles. The number of hydrogen-bond donors (Lipinski definition) is 1. The van der Waals surface area contributed by atoms with Gasteiger partial charge in [0.25, 0.3) is 0 Å². The van der Waals surface area contributed by atoms with Crippen LogP contribution in [0.1, 0.15) is 6.42 Å². The first-order valence-corrected chi connectivity index (χ1v) is 7.77. The normalized spacial score (nSPS) is 17.8. The number of halogens is 2. The van der Waals surface area contributed by atoms with E-state index >= 15 is 0 Å². The van der Waals surface area contributed by atoms with E-state index in [9.17, 15) is 0 Å². The van der Waals surface area contributed by atoms with Crippen LogP contribution >= 0.6 is 31.9 Å². The summed E-state index contributed by atoms with van der Waals surface area (Å²) in [7, 11) is 0. The van der Waals surface area contributed by atoms with Crippen LogP contribution in [0.2, 0.25) is 0 Å². The lowest BCUT2D eigenvalue weighted by atomic mass is 10.3. The van der Waals surface area contributed by atoms with Crippen LogP contribution in [0.4, 0.5) is 5.82 Å². The molecule has 0 aliphatic carbocycles. The van der Waals surface area contributed by atoms with Gasteiger partial charge in [0.15, 0.2) is 0 Å². The number of pyridine rings is 1. The van der Waals surface area contributed by atoms with Crippen LogP contribution in [0.15, 0.2) is 21.2 Å². The van der Waals surface area contributed by atoms with Crippen LogP contribution in [0, 0.1) is 0 Å². The molecule has 1 aliphatic heterocycles. The van der Waals surface area contributed by atoms with Gasteiger partial charge in [0, 0.05) is 43.4 Å². The van der Waals surface area contributed by atoms with Crippen molar-refractivity contribution in [2.45, 2.75) is 6.42 Å². The molecule has 0 bridgehead atoms. The average Bonchev–Trinajstić information content (AvgIpc) is 2.55. The molecule has 2 heterocycles. The second-order valence-corrected chi connectivity index (χ2v) is 6.20. The Hall–Kier alpha value is -0.170. The SMILES string of the molecule is NCCN1CCCN(c2ncc(Br)cc2Br)CC1. The Labute approximate surface area is 125 Å². The summed E-state index contributed by atoms with van der Waals surface area (Å²) in [6.45, 7) is 5.97. The zero-order valence-corrected chi connectivity index (χ0v) is 13.5. The highest BCUT2D eigenvalue weighted by atomic mass is 79.9. The van der Waals surface area contributed by atoms with E-state index in [-0.39, 0.29) is 0 Å². The van der Waals surface area contributed by atoms with Crippen molar-refractivity contribution in [3.05, 3.63) is 21.2 Å². The van der Waals surface area contributed by atoms with Crippen molar-refractivity contribution in [2.75, 3.05) is 44.2 Å². The molecular weight excluding hydrogens is 360 g/mol. The highest BCUT2D eigenvalue weighted by Crippen LogP contribution is 2.27. The summed E-state index contributed by atoms with van der Waals surface area (Å²) in [5, 5.41) is 0. The van der Waals surface area contributed by atoms with Gasteiger partial charge >= 0.3 is 0 Å². The number of aromatic nitrogens is 1. The van der Waals surface area contributed by atoms with Gasteiger partial charge in [0.05, 0.1) is 4.47 Å². The lowest BCUT2D eigenvalue weighted by Gasteiger charge is -2.23. The number of hydrogen-bond acceptors (Lipinski definition) is 4. The maximum Gasteiger partial charge on any atom is 0.142 e. The first-order valence-electron chi connectivity index (χ1n) is 6.19. The van der Waals surface area contributed by atoms with Gasteiger partial charge in [0.2, 0.25) is 0 Å². The molecule has 100 valence electrons. The molecule has 1 aromatic rings. The fraction of sp³-hybridized carbons (Fsp3) is 0.583. The summed E-state index contributed by atoms with van der Waals surface area (Å²) < 4.78 is 2.04. The zero-order valence-electron chi connectivity index (χ0n) is 10.3. The third kappa shape index (κ3) is 3.66. The minimum atomic E-state index is 0.736. The lowest BCUT2D eigenvalue weighted by molar-refractivity contribution is 0.302. The largest absolute Gasteiger partial charge is 0.354 e. The van der Waals surface area contributed by atoms with E-state index in [0.29, 0.717) is 0 Å². The average molecular weight is 378 g/mol. The predicted octanol–water partition coefficient (Wildman–Crippen LogP) is 2.08. The van der Waals surface area contributed by atoms with Crippen LogP contribution in [0.5, 0.6) is 0 Å². The molecule has 0 saturated carbocycles. The second-order valence-electron chi connectivity index (χ2n) is 4.43. The van der Waals surface area contributed by atoms with Gasteiger partial charge < -0.3 is 15.5 Å². The minimum Gasteiger partial charge on any atom is -0.354 e. The van der Waals surface area contributed by atoms with Crippen LogP contribution in [-0.4, -0.2) is 49.2 Å². The van der Waals surface area contributed by atoms with Gasteiger partial charge in [-0.05, 0) is 50.9 Å². The third-order valence-electron chi connectivity index (χ3n) is 3.12. The highest BCUT2D eigenvalue weighted by Gasteiger charge is 2.17. The maximum absolute atomic E-state index is 5.62. The molecule has 6 heteroatoms. The summed E-state index contributed by atoms with van der Waals surface area (Å²) in [6.07, 6.45) is 3.01. The molecular formula is C12H18Br2N4. The Kier molecular flexibility index (Phi) is 5.41. The Bertz CT molecular complexity index is 400. The van der Waals surface area contributed by atoms with Crippen LogP contribution < -0.4 is 10.6 Å². The molecule has 1 fully saturated rings. The molecule has 0 radical (unpaired) electrons. The van der Waals surface area contributed by atoms with Gasteiger partial charge in [0.1, 0.15) is 5.82 Å². The summed E-state index contributed by atoms with van der Waals surface area (Å²) in [5.74, 6) is 1.03. The Balaban J connectivity index is 2.05. The van der Waals surface area contributed by atoms with Crippen molar-refractivity contribution in [1.29, 1.82) is 0 Å². The van der Waals surface area contributed by atoms with Gasteiger partial charge in [-0.25, -0.2) is 4.98 Å². The monoisotopic (exact) mass is 376 g/mol. The maximum atomic E-state index is 5.62. The smallest absolute Gasteiger partial charge is 0.142 e. The van der Waals surface area contributed by atoms with E-state index in [1.807, 2.05) is 12.3 Å². The molecule has 4 nitrogen and oxygen atoms in total. The van der Waals surface area contributed by atoms with Crippen LogP contribution in [0.3, 0.4) is 0 Å². The van der Waals surface area contributed by atoms with Gasteiger partial charge in [-0.1, -0.05) is 0 Å². The predicted molar refractivity (Wildman–Crippen MR) is 82.0 cm³/mol. The van der Waals surface area contributed by atoms with Crippen molar-refractivity contribution < 1.29 is 0 Å². The van der Waals surface area contributed by atoms with Crippen molar-refractivity contribution >= 4 is 37.7 Å². The third-order valence-corrected chi connectivity index (χ3v) is 4.14. The Morgan fingerprint density at radius 2 is 2.06 bits per heavy atom. The van der Waals surface area contributed by atoms with Gasteiger partial charge in [-0.3, -0.25) is 0 Å². The van der Waals surface area contributed by atoms with Crippen molar-refractivity contribution in [2.24, 2.45) is 5.73 Å². The van der Waals surface area contributed by atoms with E-state index in [1.165, 1.54) is 0 Å². The van der Waals surface area contributed by atoms with E-state index in [0.717, 1.165) is 60.5 Å². The summed E-state index contributed by atoms with van der Waals surface area (Å²) in [6, 6.07) is 2.05. The first-order chi connectivity index (χ1) is 8.70. The Morgan fingerprint density at radius 1 is 1.22 bits per heavy atom. The second kappa shape index (κ2) is 6.84. The standard InChI is InChI=1S/C12H18Br2N4/c13-10-8-11(14)12(16-9-10)18-4-1-3-17(5-2-15)6-7-18/h8-9H,1-7,15H2. The van der Waals surface area contributed by atoms with Crippen LogP contribution in [-0.2, 0) is 0 Å². The molecule has 1 saturated heterocycles. The quantitative estimate of drug-likeness (QED) is 0.875. The number of nitrogens with two attached hydrogens (primary N) is 1. The number of rotatable bonds is 3. The highest BCUT2D eigenvalue weighted by molar-refractivity contribution is 9.11. The molecule has 0 spiro atoms. The van der Waals surface area contributed by atoms with E-state index in [1.54, 1.807) is 0 Å². The topological polar surface area (TPSA) is 45.4 Å². The fourth-order valence-corrected chi connectivity index (χ4v) is 3.47. The molecule has 0 unspecified atom stereocenters. The Morgan fingerprint density at radius 3 is 2.78 bits per heavy atom. The molecule has 0 amide bonds. The minimum absolute atomic E-state index is 0.736. The zero-order chi connectivity index (χ0) is 13.0. The molecule has 2 N–H and O–H groups in total. The summed E-state index contributed by atoms with van der Waals surface area (Å²) in [4.78, 5) is 9.27. The van der Waals surface area contributed by atoms with E-state index in [2.05, 4.69) is 46.6 Å². The number of anilines is 1. The molecule has 18 heavy (non-hydrogen) atoms. The molecule has 2 rings (SSSR count). The summed E-state index contributed by atoms with van der Waals surface area (Å²) >= 11 is 7.02. The van der Waals surface area contributed by atoms with Crippen LogP contribution in [0.25, 0.3) is 0 Å². The van der Waals surface area contributed by atoms with Gasteiger partial charge in [-0.2, -0.15) is 0 Å². The first kappa shape index (κ1) is 14.2.